The van der Waals surface area contributed by atoms with Crippen LogP contribution in [0.5, 0.6) is 5.75 Å². The van der Waals surface area contributed by atoms with Crippen molar-refractivity contribution in [3.63, 3.8) is 0 Å². The van der Waals surface area contributed by atoms with Crippen LogP contribution < -0.4 is 15.5 Å². The van der Waals surface area contributed by atoms with Crippen LogP contribution in [0.3, 0.4) is 0 Å². The lowest BCUT2D eigenvalue weighted by molar-refractivity contribution is -0.384. The van der Waals surface area contributed by atoms with Gasteiger partial charge in [0.25, 0.3) is 5.69 Å². The van der Waals surface area contributed by atoms with Gasteiger partial charge in [-0.1, -0.05) is 0 Å². The summed E-state index contributed by atoms with van der Waals surface area (Å²) in [6, 6.07) is 4.94. The number of nitro benzene ring substituents is 1. The monoisotopic (exact) mass is 217 g/mol. The summed E-state index contributed by atoms with van der Waals surface area (Å²) < 4.78 is 15.4. The van der Waals surface area contributed by atoms with Crippen LogP contribution in [0.1, 0.15) is 0 Å². The number of nitrogens with zero attached hydrogens (tertiary/aromatic N) is 1. The molecule has 8 heteroatoms. The summed E-state index contributed by atoms with van der Waals surface area (Å²) in [5.74, 6) is 0.129. The van der Waals surface area contributed by atoms with Crippen LogP contribution in [-0.4, -0.2) is 4.92 Å². The van der Waals surface area contributed by atoms with Crippen LogP contribution in [0, 0.1) is 10.1 Å². The van der Waals surface area contributed by atoms with Crippen LogP contribution >= 0.6 is 7.67 Å². The fourth-order valence-corrected chi connectivity index (χ4v) is 1.24. The number of hydrogen-bond donors (Lipinski definition) is 2. The maximum absolute atomic E-state index is 10.8. The summed E-state index contributed by atoms with van der Waals surface area (Å²) in [5.41, 5.74) is 9.79. The van der Waals surface area contributed by atoms with Crippen molar-refractivity contribution in [2.45, 2.75) is 0 Å². The number of rotatable bonds is 3. The van der Waals surface area contributed by atoms with Gasteiger partial charge in [-0.25, -0.2) is 15.6 Å². The van der Waals surface area contributed by atoms with Crippen molar-refractivity contribution in [1.82, 2.24) is 0 Å². The molecule has 0 bridgehead atoms. The van der Waals surface area contributed by atoms with Crippen molar-refractivity contribution in [3.8, 4) is 5.75 Å². The quantitative estimate of drug-likeness (QED) is 0.442. The minimum absolute atomic E-state index is 0.0961. The van der Waals surface area contributed by atoms with Gasteiger partial charge in [-0.2, -0.15) is 0 Å². The molecule has 1 aromatic rings. The number of benzene rings is 1. The molecule has 0 aliphatic carbocycles. The minimum atomic E-state index is -3.60. The molecule has 0 aliphatic heterocycles. The van der Waals surface area contributed by atoms with Gasteiger partial charge >= 0.3 is 7.67 Å². The van der Waals surface area contributed by atoms with E-state index in [0.29, 0.717) is 0 Å². The molecule has 0 aliphatic rings. The predicted octanol–water partition coefficient (Wildman–Crippen LogP) is 0.999. The molecule has 0 amide bonds. The van der Waals surface area contributed by atoms with Crippen molar-refractivity contribution in [3.05, 3.63) is 34.4 Å². The molecular formula is C6H8N3O4P. The highest BCUT2D eigenvalue weighted by Gasteiger charge is 2.11. The van der Waals surface area contributed by atoms with Gasteiger partial charge in [0.2, 0.25) is 0 Å². The van der Waals surface area contributed by atoms with Crippen molar-refractivity contribution in [2.75, 3.05) is 0 Å². The van der Waals surface area contributed by atoms with Crippen molar-refractivity contribution in [2.24, 2.45) is 11.0 Å². The zero-order valence-electron chi connectivity index (χ0n) is 6.99. The molecule has 0 saturated heterocycles. The number of nitro groups is 1. The Balaban J connectivity index is 2.84. The van der Waals surface area contributed by atoms with Gasteiger partial charge in [0.15, 0.2) is 0 Å². The minimum Gasteiger partial charge on any atom is -0.422 e. The molecule has 0 unspecified atom stereocenters. The molecule has 14 heavy (non-hydrogen) atoms. The second-order valence-corrected chi connectivity index (χ2v) is 3.96. The Kier molecular flexibility index (Phi) is 2.85. The molecule has 0 radical (unpaired) electrons. The second-order valence-electron chi connectivity index (χ2n) is 2.49. The van der Waals surface area contributed by atoms with E-state index in [4.69, 9.17) is 11.0 Å². The Hall–Kier alpha value is -1.43. The molecule has 7 nitrogen and oxygen atoms in total. The Morgan fingerprint density at radius 2 is 1.79 bits per heavy atom. The maximum Gasteiger partial charge on any atom is 0.385 e. The standard InChI is InChI=1S/C6H8N3O4P/c7-14(8,12)13-6-3-1-5(2-4-6)9(10)11/h1-4H,(H4,7,8,12). The summed E-state index contributed by atoms with van der Waals surface area (Å²) in [5, 5.41) is 10.3. The zero-order valence-corrected chi connectivity index (χ0v) is 7.89. The first kappa shape index (κ1) is 10.6. The Labute approximate surface area is 79.4 Å². The van der Waals surface area contributed by atoms with E-state index in [-0.39, 0.29) is 11.4 Å². The molecule has 0 heterocycles. The third kappa shape index (κ3) is 3.14. The predicted molar refractivity (Wildman–Crippen MR) is 49.7 cm³/mol. The molecule has 0 saturated carbocycles. The Bertz CT molecular complexity index is 385. The third-order valence-corrected chi connectivity index (χ3v) is 1.79. The summed E-state index contributed by atoms with van der Waals surface area (Å²) in [6.07, 6.45) is 0. The van der Waals surface area contributed by atoms with Gasteiger partial charge in [-0.15, -0.1) is 0 Å². The van der Waals surface area contributed by atoms with Gasteiger partial charge in [0.1, 0.15) is 5.75 Å². The summed E-state index contributed by atoms with van der Waals surface area (Å²) in [4.78, 5) is 9.70. The summed E-state index contributed by atoms with van der Waals surface area (Å²) >= 11 is 0. The van der Waals surface area contributed by atoms with E-state index in [1.807, 2.05) is 0 Å². The first-order valence-electron chi connectivity index (χ1n) is 3.50. The Morgan fingerprint density at radius 3 is 2.14 bits per heavy atom. The largest absolute Gasteiger partial charge is 0.422 e. The lowest BCUT2D eigenvalue weighted by Gasteiger charge is -2.08. The van der Waals surface area contributed by atoms with Crippen LogP contribution in [0.25, 0.3) is 0 Å². The molecular weight excluding hydrogens is 209 g/mol. The average molecular weight is 217 g/mol. The van der Waals surface area contributed by atoms with E-state index in [9.17, 15) is 14.7 Å². The molecule has 76 valence electrons. The van der Waals surface area contributed by atoms with E-state index in [2.05, 4.69) is 4.52 Å². The van der Waals surface area contributed by atoms with Crippen LogP contribution in [0.2, 0.25) is 0 Å². The van der Waals surface area contributed by atoms with Crippen LogP contribution in [-0.2, 0) is 4.57 Å². The van der Waals surface area contributed by atoms with Gasteiger partial charge in [0, 0.05) is 12.1 Å². The maximum atomic E-state index is 10.8. The highest BCUT2D eigenvalue weighted by Crippen LogP contribution is 2.30. The van der Waals surface area contributed by atoms with Gasteiger partial charge < -0.3 is 4.52 Å². The number of hydrogen-bond acceptors (Lipinski definition) is 4. The van der Waals surface area contributed by atoms with Crippen molar-refractivity contribution >= 4 is 13.4 Å². The number of nitrogens with two attached hydrogens (primary N) is 2. The molecule has 0 atom stereocenters. The van der Waals surface area contributed by atoms with E-state index in [1.54, 1.807) is 0 Å². The van der Waals surface area contributed by atoms with E-state index in [0.717, 1.165) is 0 Å². The molecule has 1 aromatic carbocycles. The van der Waals surface area contributed by atoms with Crippen molar-refractivity contribution in [1.29, 1.82) is 0 Å². The molecule has 4 N–H and O–H groups in total. The first-order chi connectivity index (χ1) is 6.38. The molecule has 0 spiro atoms. The average Bonchev–Trinajstić information content (AvgIpc) is 2.02. The molecule has 0 fully saturated rings. The first-order valence-corrected chi connectivity index (χ1v) is 5.26. The van der Waals surface area contributed by atoms with Gasteiger partial charge in [-0.05, 0) is 12.1 Å². The highest BCUT2D eigenvalue weighted by atomic mass is 31.2. The fraction of sp³-hybridized carbons (Fsp3) is 0. The van der Waals surface area contributed by atoms with Crippen LogP contribution in [0.15, 0.2) is 24.3 Å². The highest BCUT2D eigenvalue weighted by molar-refractivity contribution is 7.54. The van der Waals surface area contributed by atoms with Gasteiger partial charge in [0.05, 0.1) is 4.92 Å². The molecule has 1 rings (SSSR count). The zero-order chi connectivity index (χ0) is 10.8. The summed E-state index contributed by atoms with van der Waals surface area (Å²) in [7, 11) is -3.60. The molecule has 0 aromatic heterocycles. The smallest absolute Gasteiger partial charge is 0.385 e. The summed E-state index contributed by atoms with van der Waals surface area (Å²) in [6.45, 7) is 0. The van der Waals surface area contributed by atoms with E-state index in [1.165, 1.54) is 24.3 Å². The third-order valence-electron chi connectivity index (χ3n) is 1.30. The second kappa shape index (κ2) is 3.75. The van der Waals surface area contributed by atoms with E-state index >= 15 is 0 Å². The van der Waals surface area contributed by atoms with Crippen LogP contribution in [0.4, 0.5) is 5.69 Å². The normalized spacial score (nSPS) is 11.0. The lowest BCUT2D eigenvalue weighted by atomic mass is 10.3. The number of non-ortho nitro benzene ring substituents is 1. The van der Waals surface area contributed by atoms with Gasteiger partial charge in [-0.3, -0.25) is 10.1 Å². The fourth-order valence-electron chi connectivity index (χ4n) is 0.793. The van der Waals surface area contributed by atoms with Crippen molar-refractivity contribution < 1.29 is 14.0 Å². The SMILES string of the molecule is NP(N)(=O)Oc1ccc([N+](=O)[O-])cc1. The Morgan fingerprint density at radius 1 is 1.29 bits per heavy atom. The lowest BCUT2D eigenvalue weighted by Crippen LogP contribution is -2.10. The topological polar surface area (TPSA) is 121 Å². The van der Waals surface area contributed by atoms with E-state index < -0.39 is 12.6 Å².